The zero-order chi connectivity index (χ0) is 21.4. The number of pyridine rings is 1. The first kappa shape index (κ1) is 21.9. The molecular formula is C26H27ClN4O. The van der Waals surface area contributed by atoms with Gasteiger partial charge in [-0.25, -0.2) is 0 Å². The topological polar surface area (TPSA) is 41.4 Å². The number of anilines is 1. The summed E-state index contributed by atoms with van der Waals surface area (Å²) >= 11 is 0. The second kappa shape index (κ2) is 9.05. The number of hydrogen-bond donors (Lipinski definition) is 0. The number of hydrogen-bond acceptors (Lipinski definition) is 3. The Balaban J connectivity index is 0.00000245. The fourth-order valence-corrected chi connectivity index (χ4v) is 4.58. The largest absolute Gasteiger partial charge is 0.368 e. The molecule has 4 aromatic rings. The van der Waals surface area contributed by atoms with Gasteiger partial charge in [0.15, 0.2) is 0 Å². The number of rotatable bonds is 3. The summed E-state index contributed by atoms with van der Waals surface area (Å²) in [5.74, 6) is 0.114. The Morgan fingerprint density at radius 2 is 1.59 bits per heavy atom. The normalized spacial score (nSPS) is 13.8. The van der Waals surface area contributed by atoms with E-state index in [1.165, 1.54) is 5.56 Å². The average molecular weight is 447 g/mol. The molecule has 5 rings (SSSR count). The molecule has 0 atom stereocenters. The second-order valence-corrected chi connectivity index (χ2v) is 8.15. The van der Waals surface area contributed by atoms with Crippen LogP contribution in [0.25, 0.3) is 22.2 Å². The van der Waals surface area contributed by atoms with Gasteiger partial charge in [0.25, 0.3) is 5.91 Å². The Kier molecular flexibility index (Phi) is 6.19. The van der Waals surface area contributed by atoms with Gasteiger partial charge in [-0.15, -0.1) is 12.4 Å². The van der Waals surface area contributed by atoms with E-state index in [1.807, 2.05) is 47.6 Å². The standard InChI is InChI=1S/C26H26N4O.ClH/c1-19-8-9-22-23(18-19)28(2)25(20-6-4-3-5-7-20)24(22)26(31)30-16-14-29(15-17-30)21-10-12-27-13-11-21;/h3-13,18H,14-17H2,1-2H3;1H. The SMILES string of the molecule is Cc1ccc2c(C(=O)N3CCN(c4ccncc4)CC3)c(-c3ccccc3)n(C)c2c1.Cl. The molecule has 2 aromatic heterocycles. The van der Waals surface area contributed by atoms with E-state index in [1.54, 1.807) is 0 Å². The highest BCUT2D eigenvalue weighted by atomic mass is 35.5. The van der Waals surface area contributed by atoms with E-state index in [-0.39, 0.29) is 18.3 Å². The van der Waals surface area contributed by atoms with Crippen molar-refractivity contribution in [1.29, 1.82) is 0 Å². The Morgan fingerprint density at radius 1 is 0.906 bits per heavy atom. The van der Waals surface area contributed by atoms with Crippen molar-refractivity contribution in [3.05, 3.63) is 84.2 Å². The molecule has 0 N–H and O–H groups in total. The number of fused-ring (bicyclic) bond motifs is 1. The highest BCUT2D eigenvalue weighted by molar-refractivity contribution is 6.13. The third-order valence-electron chi connectivity index (χ3n) is 6.21. The van der Waals surface area contributed by atoms with Gasteiger partial charge < -0.3 is 14.4 Å². The molecule has 1 amide bonds. The Hall–Kier alpha value is -3.31. The van der Waals surface area contributed by atoms with Crippen LogP contribution in [0.15, 0.2) is 73.1 Å². The van der Waals surface area contributed by atoms with Crippen LogP contribution in [-0.4, -0.2) is 46.5 Å². The minimum absolute atomic E-state index is 0. The summed E-state index contributed by atoms with van der Waals surface area (Å²) in [6.07, 6.45) is 3.63. The lowest BCUT2D eigenvalue weighted by atomic mass is 10.0. The number of nitrogens with zero attached hydrogens (tertiary/aromatic N) is 4. The molecule has 0 saturated carbocycles. The molecule has 1 aliphatic heterocycles. The summed E-state index contributed by atoms with van der Waals surface area (Å²) in [7, 11) is 2.06. The molecule has 1 aliphatic rings. The summed E-state index contributed by atoms with van der Waals surface area (Å²) in [4.78, 5) is 22.3. The minimum Gasteiger partial charge on any atom is -0.368 e. The first-order chi connectivity index (χ1) is 15.1. The number of benzene rings is 2. The quantitative estimate of drug-likeness (QED) is 0.448. The number of piperazine rings is 1. The smallest absolute Gasteiger partial charge is 0.256 e. The molecule has 1 fully saturated rings. The van der Waals surface area contributed by atoms with Crippen LogP contribution in [0.4, 0.5) is 5.69 Å². The molecule has 5 nitrogen and oxygen atoms in total. The molecule has 1 saturated heterocycles. The lowest BCUT2D eigenvalue weighted by Gasteiger charge is -2.36. The van der Waals surface area contributed by atoms with Crippen molar-refractivity contribution in [3.63, 3.8) is 0 Å². The summed E-state index contributed by atoms with van der Waals surface area (Å²) < 4.78 is 2.16. The molecule has 0 bridgehead atoms. The van der Waals surface area contributed by atoms with Crippen LogP contribution in [0.1, 0.15) is 15.9 Å². The fraction of sp³-hybridized carbons (Fsp3) is 0.231. The second-order valence-electron chi connectivity index (χ2n) is 8.15. The van der Waals surface area contributed by atoms with Crippen molar-refractivity contribution in [2.45, 2.75) is 6.92 Å². The van der Waals surface area contributed by atoms with E-state index < -0.39 is 0 Å². The van der Waals surface area contributed by atoms with E-state index in [9.17, 15) is 4.79 Å². The molecule has 32 heavy (non-hydrogen) atoms. The Morgan fingerprint density at radius 3 is 2.28 bits per heavy atom. The van der Waals surface area contributed by atoms with Crippen molar-refractivity contribution in [2.75, 3.05) is 31.1 Å². The van der Waals surface area contributed by atoms with Crippen LogP contribution >= 0.6 is 12.4 Å². The average Bonchev–Trinajstić information content (AvgIpc) is 3.11. The van der Waals surface area contributed by atoms with Crippen molar-refractivity contribution < 1.29 is 4.79 Å². The lowest BCUT2D eigenvalue weighted by Crippen LogP contribution is -2.48. The first-order valence-electron chi connectivity index (χ1n) is 10.7. The van der Waals surface area contributed by atoms with Gasteiger partial charge in [-0.05, 0) is 36.2 Å². The summed E-state index contributed by atoms with van der Waals surface area (Å²) in [6, 6.07) is 20.6. The van der Waals surface area contributed by atoms with Crippen molar-refractivity contribution in [2.24, 2.45) is 7.05 Å². The van der Waals surface area contributed by atoms with Gasteiger partial charge in [0.05, 0.1) is 11.3 Å². The summed E-state index contributed by atoms with van der Waals surface area (Å²) in [5, 5.41) is 1.02. The Bertz CT molecular complexity index is 1230. The Labute approximate surface area is 194 Å². The van der Waals surface area contributed by atoms with E-state index >= 15 is 0 Å². The zero-order valence-electron chi connectivity index (χ0n) is 18.4. The van der Waals surface area contributed by atoms with E-state index in [2.05, 4.69) is 58.8 Å². The molecule has 6 heteroatoms. The fourth-order valence-electron chi connectivity index (χ4n) is 4.58. The maximum atomic E-state index is 13.8. The van der Waals surface area contributed by atoms with Gasteiger partial charge in [0, 0.05) is 62.2 Å². The molecule has 0 radical (unpaired) electrons. The van der Waals surface area contributed by atoms with Crippen molar-refractivity contribution in [3.8, 4) is 11.3 Å². The van der Waals surface area contributed by atoms with Crippen LogP contribution in [0, 0.1) is 6.92 Å². The van der Waals surface area contributed by atoms with Crippen molar-refractivity contribution in [1.82, 2.24) is 14.5 Å². The number of amides is 1. The molecule has 0 aliphatic carbocycles. The van der Waals surface area contributed by atoms with E-state index in [4.69, 9.17) is 0 Å². The predicted octanol–water partition coefficient (Wildman–Crippen LogP) is 4.93. The molecule has 0 spiro atoms. The van der Waals surface area contributed by atoms with E-state index in [0.717, 1.165) is 46.5 Å². The van der Waals surface area contributed by atoms with Gasteiger partial charge in [0.1, 0.15) is 0 Å². The molecule has 2 aromatic carbocycles. The predicted molar refractivity (Wildman–Crippen MR) is 133 cm³/mol. The van der Waals surface area contributed by atoms with Crippen LogP contribution in [0.2, 0.25) is 0 Å². The van der Waals surface area contributed by atoms with Gasteiger partial charge in [-0.2, -0.15) is 0 Å². The maximum Gasteiger partial charge on any atom is 0.256 e. The van der Waals surface area contributed by atoms with Gasteiger partial charge in [-0.1, -0.05) is 42.5 Å². The molecule has 0 unspecified atom stereocenters. The number of aryl methyl sites for hydroxylation is 2. The summed E-state index contributed by atoms with van der Waals surface area (Å²) in [6.45, 7) is 5.14. The number of aromatic nitrogens is 2. The highest BCUT2D eigenvalue weighted by Crippen LogP contribution is 2.34. The summed E-state index contributed by atoms with van der Waals surface area (Å²) in [5.41, 5.74) is 6.31. The minimum atomic E-state index is 0. The number of halogens is 1. The molecule has 3 heterocycles. The van der Waals surface area contributed by atoms with E-state index in [0.29, 0.717) is 13.1 Å². The van der Waals surface area contributed by atoms with Crippen LogP contribution in [-0.2, 0) is 7.05 Å². The zero-order valence-corrected chi connectivity index (χ0v) is 19.2. The van der Waals surface area contributed by atoms with Crippen LogP contribution < -0.4 is 4.90 Å². The number of carbonyl (C=O) groups excluding carboxylic acids is 1. The monoisotopic (exact) mass is 446 g/mol. The van der Waals surface area contributed by atoms with Gasteiger partial charge >= 0.3 is 0 Å². The third kappa shape index (κ3) is 3.84. The van der Waals surface area contributed by atoms with Gasteiger partial charge in [-0.3, -0.25) is 9.78 Å². The van der Waals surface area contributed by atoms with Crippen molar-refractivity contribution >= 4 is 34.9 Å². The third-order valence-corrected chi connectivity index (χ3v) is 6.21. The van der Waals surface area contributed by atoms with Gasteiger partial charge in [0.2, 0.25) is 0 Å². The highest BCUT2D eigenvalue weighted by Gasteiger charge is 2.28. The molecular weight excluding hydrogens is 420 g/mol. The maximum absolute atomic E-state index is 13.8. The lowest BCUT2D eigenvalue weighted by molar-refractivity contribution is 0.0749. The van der Waals surface area contributed by atoms with Crippen LogP contribution in [0.5, 0.6) is 0 Å². The number of carbonyl (C=O) groups is 1. The molecule has 164 valence electrons. The first-order valence-corrected chi connectivity index (χ1v) is 10.7. The van der Waals surface area contributed by atoms with Crippen LogP contribution in [0.3, 0.4) is 0 Å².